The summed E-state index contributed by atoms with van der Waals surface area (Å²) in [6.45, 7) is 6.08. The minimum absolute atomic E-state index is 0.167. The van der Waals surface area contributed by atoms with E-state index in [0.717, 1.165) is 10.9 Å². The first-order valence-electron chi connectivity index (χ1n) is 5.27. The second-order valence-corrected chi connectivity index (χ2v) is 5.06. The number of hydrogen-bond acceptors (Lipinski definition) is 3. The van der Waals surface area contributed by atoms with Crippen molar-refractivity contribution in [3.8, 4) is 5.75 Å². The standard InChI is InChI=1S/C13H16N2O/c1-13(2,3)12-11(16)7-8-6-9(14)4-5-10(8)15-12/h4-7,16H,14H2,1-3H3. The molecule has 0 aliphatic carbocycles. The molecule has 0 radical (unpaired) electrons. The first kappa shape index (κ1) is 10.7. The molecule has 3 N–H and O–H groups in total. The van der Waals surface area contributed by atoms with E-state index in [4.69, 9.17) is 5.73 Å². The summed E-state index contributed by atoms with van der Waals surface area (Å²) in [5.41, 5.74) is 7.77. The van der Waals surface area contributed by atoms with Crippen molar-refractivity contribution in [1.82, 2.24) is 4.98 Å². The highest BCUT2D eigenvalue weighted by Gasteiger charge is 2.20. The highest BCUT2D eigenvalue weighted by atomic mass is 16.3. The maximum atomic E-state index is 9.93. The van der Waals surface area contributed by atoms with E-state index in [0.29, 0.717) is 11.4 Å². The van der Waals surface area contributed by atoms with Crippen LogP contribution < -0.4 is 5.73 Å². The molecule has 2 rings (SSSR count). The lowest BCUT2D eigenvalue weighted by Crippen LogP contribution is -2.13. The molecule has 84 valence electrons. The average Bonchev–Trinajstić information content (AvgIpc) is 2.14. The van der Waals surface area contributed by atoms with Crippen molar-refractivity contribution in [2.24, 2.45) is 0 Å². The Morgan fingerprint density at radius 3 is 2.50 bits per heavy atom. The molecule has 1 heterocycles. The number of benzene rings is 1. The monoisotopic (exact) mass is 216 g/mol. The second-order valence-electron chi connectivity index (χ2n) is 5.06. The predicted octanol–water partition coefficient (Wildman–Crippen LogP) is 2.82. The van der Waals surface area contributed by atoms with E-state index in [1.54, 1.807) is 6.07 Å². The van der Waals surface area contributed by atoms with Gasteiger partial charge in [-0.1, -0.05) is 20.8 Å². The molecule has 0 bridgehead atoms. The molecular weight excluding hydrogens is 200 g/mol. The molecule has 16 heavy (non-hydrogen) atoms. The van der Waals surface area contributed by atoms with E-state index in [1.807, 2.05) is 39.0 Å². The van der Waals surface area contributed by atoms with Crippen LogP contribution in [0, 0.1) is 0 Å². The van der Waals surface area contributed by atoms with E-state index >= 15 is 0 Å². The Morgan fingerprint density at radius 1 is 1.19 bits per heavy atom. The number of nitrogens with two attached hydrogens (primary N) is 1. The molecule has 1 aromatic carbocycles. The molecule has 0 saturated carbocycles. The Bertz CT molecular complexity index is 541. The minimum atomic E-state index is -0.167. The Hall–Kier alpha value is -1.77. The lowest BCUT2D eigenvalue weighted by atomic mass is 9.90. The summed E-state index contributed by atoms with van der Waals surface area (Å²) in [7, 11) is 0. The molecule has 2 aromatic rings. The number of nitrogens with zero attached hydrogens (tertiary/aromatic N) is 1. The Labute approximate surface area is 94.9 Å². The number of nitrogen functional groups attached to an aromatic ring is 1. The SMILES string of the molecule is CC(C)(C)c1nc2ccc(N)cc2cc1O. The van der Waals surface area contributed by atoms with Crippen molar-refractivity contribution >= 4 is 16.6 Å². The molecule has 0 amide bonds. The average molecular weight is 216 g/mol. The summed E-state index contributed by atoms with van der Waals surface area (Å²) in [5.74, 6) is 0.227. The van der Waals surface area contributed by atoms with Gasteiger partial charge in [-0.15, -0.1) is 0 Å². The summed E-state index contributed by atoms with van der Waals surface area (Å²) in [4.78, 5) is 4.48. The fraction of sp³-hybridized carbons (Fsp3) is 0.308. The van der Waals surface area contributed by atoms with Gasteiger partial charge in [-0.25, -0.2) is 4.98 Å². The van der Waals surface area contributed by atoms with Crippen molar-refractivity contribution in [2.75, 3.05) is 5.73 Å². The van der Waals surface area contributed by atoms with E-state index in [9.17, 15) is 5.11 Å². The third kappa shape index (κ3) is 1.81. The second kappa shape index (κ2) is 3.37. The molecule has 0 saturated heterocycles. The number of rotatable bonds is 0. The minimum Gasteiger partial charge on any atom is -0.506 e. The molecule has 0 aliphatic heterocycles. The maximum absolute atomic E-state index is 9.93. The number of aromatic hydroxyl groups is 1. The number of anilines is 1. The predicted molar refractivity (Wildman–Crippen MR) is 66.5 cm³/mol. The lowest BCUT2D eigenvalue weighted by Gasteiger charge is -2.19. The molecule has 0 unspecified atom stereocenters. The van der Waals surface area contributed by atoms with Gasteiger partial charge in [-0.3, -0.25) is 0 Å². The maximum Gasteiger partial charge on any atom is 0.138 e. The smallest absolute Gasteiger partial charge is 0.138 e. The van der Waals surface area contributed by atoms with Crippen LogP contribution in [0.15, 0.2) is 24.3 Å². The normalized spacial score (nSPS) is 11.9. The summed E-state index contributed by atoms with van der Waals surface area (Å²) in [5, 5.41) is 10.8. The molecule has 0 aliphatic rings. The van der Waals surface area contributed by atoms with Gasteiger partial charge in [-0.05, 0) is 24.3 Å². The van der Waals surface area contributed by atoms with Crippen LogP contribution in [0.5, 0.6) is 5.75 Å². The summed E-state index contributed by atoms with van der Waals surface area (Å²) < 4.78 is 0. The molecular formula is C13H16N2O. The van der Waals surface area contributed by atoms with Crippen LogP contribution in [-0.2, 0) is 5.41 Å². The van der Waals surface area contributed by atoms with Gasteiger partial charge in [0.1, 0.15) is 5.75 Å². The highest BCUT2D eigenvalue weighted by molar-refractivity contribution is 5.83. The molecule has 0 atom stereocenters. The van der Waals surface area contributed by atoms with Crippen molar-refractivity contribution in [3.05, 3.63) is 30.0 Å². The topological polar surface area (TPSA) is 59.1 Å². The summed E-state index contributed by atoms with van der Waals surface area (Å²) in [6.07, 6.45) is 0. The van der Waals surface area contributed by atoms with Crippen LogP contribution in [0.3, 0.4) is 0 Å². The van der Waals surface area contributed by atoms with E-state index in [1.165, 1.54) is 0 Å². The lowest BCUT2D eigenvalue weighted by molar-refractivity contribution is 0.440. The quantitative estimate of drug-likeness (QED) is 0.666. The third-order valence-electron chi connectivity index (χ3n) is 2.53. The van der Waals surface area contributed by atoms with E-state index < -0.39 is 0 Å². The Balaban J connectivity index is 2.72. The molecule has 0 spiro atoms. The summed E-state index contributed by atoms with van der Waals surface area (Å²) >= 11 is 0. The van der Waals surface area contributed by atoms with Crippen LogP contribution in [0.4, 0.5) is 5.69 Å². The Morgan fingerprint density at radius 2 is 1.88 bits per heavy atom. The van der Waals surface area contributed by atoms with Crippen molar-refractivity contribution < 1.29 is 5.11 Å². The fourth-order valence-corrected chi connectivity index (χ4v) is 1.74. The largest absolute Gasteiger partial charge is 0.506 e. The van der Waals surface area contributed by atoms with Gasteiger partial charge in [-0.2, -0.15) is 0 Å². The van der Waals surface area contributed by atoms with Gasteiger partial charge in [0.05, 0.1) is 11.2 Å². The van der Waals surface area contributed by atoms with Gasteiger partial charge >= 0.3 is 0 Å². The van der Waals surface area contributed by atoms with Crippen molar-refractivity contribution in [3.63, 3.8) is 0 Å². The molecule has 3 heteroatoms. The number of aromatic nitrogens is 1. The molecule has 1 aromatic heterocycles. The highest BCUT2D eigenvalue weighted by Crippen LogP contribution is 2.31. The van der Waals surface area contributed by atoms with Gasteiger partial charge in [0.2, 0.25) is 0 Å². The van der Waals surface area contributed by atoms with Crippen molar-refractivity contribution in [2.45, 2.75) is 26.2 Å². The van der Waals surface area contributed by atoms with Crippen molar-refractivity contribution in [1.29, 1.82) is 0 Å². The van der Waals surface area contributed by atoms with Crippen LogP contribution in [0.1, 0.15) is 26.5 Å². The number of pyridine rings is 1. The molecule has 3 nitrogen and oxygen atoms in total. The zero-order chi connectivity index (χ0) is 11.9. The first-order valence-corrected chi connectivity index (χ1v) is 5.27. The first-order chi connectivity index (χ1) is 7.38. The van der Waals surface area contributed by atoms with Gasteiger partial charge < -0.3 is 10.8 Å². The fourth-order valence-electron chi connectivity index (χ4n) is 1.74. The van der Waals surface area contributed by atoms with Crippen LogP contribution in [0.2, 0.25) is 0 Å². The van der Waals surface area contributed by atoms with Gasteiger partial charge in [0.15, 0.2) is 0 Å². The zero-order valence-corrected chi connectivity index (χ0v) is 9.78. The molecule has 0 fully saturated rings. The van der Waals surface area contributed by atoms with E-state index in [-0.39, 0.29) is 11.2 Å². The third-order valence-corrected chi connectivity index (χ3v) is 2.53. The summed E-state index contributed by atoms with van der Waals surface area (Å²) in [6, 6.07) is 7.23. The van der Waals surface area contributed by atoms with Crippen LogP contribution in [-0.4, -0.2) is 10.1 Å². The van der Waals surface area contributed by atoms with Crippen LogP contribution in [0.25, 0.3) is 10.9 Å². The van der Waals surface area contributed by atoms with Gasteiger partial charge in [0.25, 0.3) is 0 Å². The number of hydrogen-bond donors (Lipinski definition) is 2. The van der Waals surface area contributed by atoms with Gasteiger partial charge in [0, 0.05) is 16.5 Å². The van der Waals surface area contributed by atoms with Crippen LogP contribution >= 0.6 is 0 Å². The Kier molecular flexibility index (Phi) is 2.26. The van der Waals surface area contributed by atoms with E-state index in [2.05, 4.69) is 4.98 Å². The number of fused-ring (bicyclic) bond motifs is 1. The zero-order valence-electron chi connectivity index (χ0n) is 9.78.